The maximum atomic E-state index is 12.7. The maximum Gasteiger partial charge on any atom is 0.314 e. The molecular formula is C11H11FO3. The third-order valence-electron chi connectivity index (χ3n) is 3.07. The highest BCUT2D eigenvalue weighted by Gasteiger charge is 2.61. The van der Waals surface area contributed by atoms with Gasteiger partial charge in [-0.05, 0) is 24.1 Å². The molecule has 0 aromatic heterocycles. The highest BCUT2D eigenvalue weighted by molar-refractivity contribution is 5.85. The van der Waals surface area contributed by atoms with E-state index in [4.69, 9.17) is 10.2 Å². The first-order valence-electron chi connectivity index (χ1n) is 4.71. The molecule has 2 atom stereocenters. The molecule has 0 amide bonds. The minimum atomic E-state index is -0.998. The van der Waals surface area contributed by atoms with Gasteiger partial charge < -0.3 is 10.2 Å². The summed E-state index contributed by atoms with van der Waals surface area (Å²) in [6, 6.07) is 5.43. The summed E-state index contributed by atoms with van der Waals surface area (Å²) >= 11 is 0. The van der Waals surface area contributed by atoms with Gasteiger partial charge >= 0.3 is 5.97 Å². The number of hydrogen-bond donors (Lipinski definition) is 2. The Morgan fingerprint density at radius 3 is 2.47 bits per heavy atom. The molecule has 0 heterocycles. The number of carboxylic acid groups (broad SMARTS) is 1. The predicted molar refractivity (Wildman–Crippen MR) is 50.9 cm³/mol. The summed E-state index contributed by atoms with van der Waals surface area (Å²) in [6.45, 7) is -0.149. The van der Waals surface area contributed by atoms with Crippen LogP contribution in [0.4, 0.5) is 4.39 Å². The maximum absolute atomic E-state index is 12.7. The monoisotopic (exact) mass is 210 g/mol. The van der Waals surface area contributed by atoms with Gasteiger partial charge in [-0.3, -0.25) is 4.79 Å². The summed E-state index contributed by atoms with van der Waals surface area (Å²) in [5.74, 6) is -1.59. The van der Waals surface area contributed by atoms with Crippen LogP contribution < -0.4 is 0 Å². The normalized spacial score (nSPS) is 28.8. The lowest BCUT2D eigenvalue weighted by atomic mass is 9.93. The summed E-state index contributed by atoms with van der Waals surface area (Å²) in [5.41, 5.74) is -0.432. The zero-order valence-electron chi connectivity index (χ0n) is 7.98. The predicted octanol–water partition coefficient (Wildman–Crippen LogP) is 1.16. The molecule has 0 spiro atoms. The SMILES string of the molecule is O=C(O)[C@@]1(c2ccc(F)cc2)C[C@H]1CO. The quantitative estimate of drug-likeness (QED) is 0.787. The molecule has 80 valence electrons. The average molecular weight is 210 g/mol. The van der Waals surface area contributed by atoms with Crippen LogP contribution in [0, 0.1) is 11.7 Å². The zero-order chi connectivity index (χ0) is 11.1. The number of aliphatic carboxylic acids is 1. The second-order valence-corrected chi connectivity index (χ2v) is 3.87. The van der Waals surface area contributed by atoms with E-state index in [-0.39, 0.29) is 18.3 Å². The van der Waals surface area contributed by atoms with Crippen molar-refractivity contribution in [2.24, 2.45) is 5.92 Å². The van der Waals surface area contributed by atoms with Crippen LogP contribution in [-0.2, 0) is 10.2 Å². The third kappa shape index (κ3) is 1.41. The lowest BCUT2D eigenvalue weighted by Gasteiger charge is -2.11. The van der Waals surface area contributed by atoms with E-state index in [1.807, 2.05) is 0 Å². The second-order valence-electron chi connectivity index (χ2n) is 3.87. The molecule has 0 unspecified atom stereocenters. The molecule has 1 saturated carbocycles. The van der Waals surface area contributed by atoms with Crippen LogP contribution in [0.25, 0.3) is 0 Å². The van der Waals surface area contributed by atoms with E-state index in [1.54, 1.807) is 0 Å². The molecule has 1 aromatic rings. The molecule has 2 rings (SSSR count). The van der Waals surface area contributed by atoms with Crippen molar-refractivity contribution in [1.82, 2.24) is 0 Å². The number of aliphatic hydroxyl groups excluding tert-OH is 1. The molecule has 1 fully saturated rings. The van der Waals surface area contributed by atoms with Crippen molar-refractivity contribution < 1.29 is 19.4 Å². The Balaban J connectivity index is 2.36. The third-order valence-corrected chi connectivity index (χ3v) is 3.07. The Morgan fingerprint density at radius 1 is 1.47 bits per heavy atom. The van der Waals surface area contributed by atoms with Crippen LogP contribution in [0.5, 0.6) is 0 Å². The topological polar surface area (TPSA) is 57.5 Å². The minimum absolute atomic E-state index is 0.149. The van der Waals surface area contributed by atoms with Gasteiger partial charge in [0.15, 0.2) is 0 Å². The van der Waals surface area contributed by atoms with Gasteiger partial charge in [0.25, 0.3) is 0 Å². The first-order chi connectivity index (χ1) is 7.11. The molecule has 0 radical (unpaired) electrons. The number of carbonyl (C=O) groups is 1. The van der Waals surface area contributed by atoms with Gasteiger partial charge in [0, 0.05) is 12.5 Å². The van der Waals surface area contributed by atoms with Crippen molar-refractivity contribution in [2.75, 3.05) is 6.61 Å². The van der Waals surface area contributed by atoms with E-state index >= 15 is 0 Å². The van der Waals surface area contributed by atoms with Crippen molar-refractivity contribution in [1.29, 1.82) is 0 Å². The molecule has 3 nitrogen and oxygen atoms in total. The Labute approximate surface area is 86.2 Å². The van der Waals surface area contributed by atoms with E-state index in [0.29, 0.717) is 12.0 Å². The van der Waals surface area contributed by atoms with E-state index < -0.39 is 11.4 Å². The summed E-state index contributed by atoms with van der Waals surface area (Å²) in [7, 11) is 0. The summed E-state index contributed by atoms with van der Waals surface area (Å²) in [5, 5.41) is 18.1. The Bertz CT molecular complexity index is 387. The number of aliphatic hydroxyl groups is 1. The second kappa shape index (κ2) is 3.31. The van der Waals surface area contributed by atoms with Crippen molar-refractivity contribution in [3.05, 3.63) is 35.6 Å². The van der Waals surface area contributed by atoms with Crippen molar-refractivity contribution in [3.8, 4) is 0 Å². The minimum Gasteiger partial charge on any atom is -0.481 e. The number of carboxylic acids is 1. The Kier molecular flexibility index (Phi) is 2.23. The van der Waals surface area contributed by atoms with Crippen molar-refractivity contribution in [3.63, 3.8) is 0 Å². The summed E-state index contributed by atoms with van der Waals surface area (Å²) in [4.78, 5) is 11.1. The Hall–Kier alpha value is -1.42. The molecule has 4 heteroatoms. The van der Waals surface area contributed by atoms with Gasteiger partial charge in [0.1, 0.15) is 5.82 Å². The molecular weight excluding hydrogens is 199 g/mol. The van der Waals surface area contributed by atoms with Crippen molar-refractivity contribution in [2.45, 2.75) is 11.8 Å². The fraction of sp³-hybridized carbons (Fsp3) is 0.364. The van der Waals surface area contributed by atoms with Crippen LogP contribution in [-0.4, -0.2) is 22.8 Å². The fourth-order valence-corrected chi connectivity index (χ4v) is 2.04. The van der Waals surface area contributed by atoms with Gasteiger partial charge in [-0.25, -0.2) is 4.39 Å². The fourth-order valence-electron chi connectivity index (χ4n) is 2.04. The average Bonchev–Trinajstić information content (AvgIpc) is 2.94. The van der Waals surface area contributed by atoms with Crippen LogP contribution in [0.2, 0.25) is 0 Å². The lowest BCUT2D eigenvalue weighted by molar-refractivity contribution is -0.140. The van der Waals surface area contributed by atoms with Gasteiger partial charge in [-0.2, -0.15) is 0 Å². The highest BCUT2D eigenvalue weighted by Crippen LogP contribution is 2.54. The van der Waals surface area contributed by atoms with Crippen molar-refractivity contribution >= 4 is 5.97 Å². The smallest absolute Gasteiger partial charge is 0.314 e. The van der Waals surface area contributed by atoms with E-state index in [0.717, 1.165) is 0 Å². The van der Waals surface area contributed by atoms with Crippen LogP contribution in [0.15, 0.2) is 24.3 Å². The van der Waals surface area contributed by atoms with E-state index in [2.05, 4.69) is 0 Å². The summed E-state index contributed by atoms with van der Waals surface area (Å²) in [6.07, 6.45) is 0.421. The number of rotatable bonds is 3. The number of hydrogen-bond acceptors (Lipinski definition) is 2. The molecule has 1 aromatic carbocycles. The number of halogens is 1. The molecule has 2 N–H and O–H groups in total. The number of benzene rings is 1. The first kappa shape index (κ1) is 10.1. The molecule has 0 bridgehead atoms. The molecule has 0 saturated heterocycles. The van der Waals surface area contributed by atoms with Crippen LogP contribution >= 0.6 is 0 Å². The molecule has 1 aliphatic rings. The van der Waals surface area contributed by atoms with Gasteiger partial charge in [-0.1, -0.05) is 12.1 Å². The zero-order valence-corrected chi connectivity index (χ0v) is 7.98. The van der Waals surface area contributed by atoms with Crippen LogP contribution in [0.3, 0.4) is 0 Å². The summed E-state index contributed by atoms with van der Waals surface area (Å²) < 4.78 is 12.7. The molecule has 0 aliphatic heterocycles. The largest absolute Gasteiger partial charge is 0.481 e. The van der Waals surface area contributed by atoms with E-state index in [1.165, 1.54) is 24.3 Å². The molecule has 1 aliphatic carbocycles. The van der Waals surface area contributed by atoms with Crippen LogP contribution in [0.1, 0.15) is 12.0 Å². The van der Waals surface area contributed by atoms with Gasteiger partial charge in [-0.15, -0.1) is 0 Å². The lowest BCUT2D eigenvalue weighted by Crippen LogP contribution is -2.23. The van der Waals surface area contributed by atoms with E-state index in [9.17, 15) is 9.18 Å². The van der Waals surface area contributed by atoms with Gasteiger partial charge in [0.2, 0.25) is 0 Å². The Morgan fingerprint density at radius 2 is 2.07 bits per heavy atom. The standard InChI is InChI=1S/C11H11FO3/c12-9-3-1-7(2-4-9)11(10(14)15)5-8(11)6-13/h1-4,8,13H,5-6H2,(H,14,15)/t8-,11+/m0/s1. The highest BCUT2D eigenvalue weighted by atomic mass is 19.1. The first-order valence-corrected chi connectivity index (χ1v) is 4.71. The van der Waals surface area contributed by atoms with Gasteiger partial charge in [0.05, 0.1) is 5.41 Å². The molecule has 15 heavy (non-hydrogen) atoms.